The van der Waals surface area contributed by atoms with E-state index in [4.69, 9.17) is 11.6 Å². The summed E-state index contributed by atoms with van der Waals surface area (Å²) < 4.78 is 0. The zero-order valence-electron chi connectivity index (χ0n) is 10.8. The monoisotopic (exact) mass is 253 g/mol. The van der Waals surface area contributed by atoms with E-state index in [1.807, 2.05) is 6.20 Å². The van der Waals surface area contributed by atoms with Crippen LogP contribution < -0.4 is 4.90 Å². The van der Waals surface area contributed by atoms with E-state index in [0.717, 1.165) is 17.9 Å². The molecule has 1 aromatic heterocycles. The van der Waals surface area contributed by atoms with Gasteiger partial charge in [-0.15, -0.1) is 0 Å². The molecule has 1 aromatic rings. The maximum absolute atomic E-state index is 5.90. The molecule has 0 atom stereocenters. The lowest BCUT2D eigenvalue weighted by Crippen LogP contribution is -2.29. The first-order chi connectivity index (χ1) is 8.08. The van der Waals surface area contributed by atoms with Crippen LogP contribution in [0.25, 0.3) is 0 Å². The first-order valence-corrected chi connectivity index (χ1v) is 6.71. The highest BCUT2D eigenvalue weighted by Gasteiger charge is 2.30. The summed E-state index contributed by atoms with van der Waals surface area (Å²) in [6.07, 6.45) is 5.56. The van der Waals surface area contributed by atoms with Crippen LogP contribution in [0.3, 0.4) is 0 Å². The van der Waals surface area contributed by atoms with Crippen LogP contribution in [0.15, 0.2) is 6.20 Å². The van der Waals surface area contributed by atoms with Crippen molar-refractivity contribution in [2.24, 2.45) is 5.92 Å². The molecule has 1 heterocycles. The Morgan fingerprint density at radius 2 is 2.18 bits per heavy atom. The average Bonchev–Trinajstić information content (AvgIpc) is 3.07. The molecule has 2 rings (SSSR count). The molecule has 0 unspecified atom stereocenters. The van der Waals surface area contributed by atoms with Crippen LogP contribution in [-0.4, -0.2) is 22.6 Å². The molecule has 94 valence electrons. The summed E-state index contributed by atoms with van der Waals surface area (Å²) in [4.78, 5) is 10.8. The highest BCUT2D eigenvalue weighted by atomic mass is 35.5. The SMILES string of the molecule is Cc1cnc(Cl)nc1N(CCC(C)C)C1CC1. The summed E-state index contributed by atoms with van der Waals surface area (Å²) in [7, 11) is 0. The highest BCUT2D eigenvalue weighted by Crippen LogP contribution is 2.32. The van der Waals surface area contributed by atoms with Crippen molar-refractivity contribution in [3.8, 4) is 0 Å². The van der Waals surface area contributed by atoms with Gasteiger partial charge < -0.3 is 4.90 Å². The molecule has 0 saturated heterocycles. The fourth-order valence-corrected chi connectivity index (χ4v) is 2.08. The number of hydrogen-bond donors (Lipinski definition) is 0. The van der Waals surface area contributed by atoms with Crippen molar-refractivity contribution >= 4 is 17.4 Å². The lowest BCUT2D eigenvalue weighted by molar-refractivity contribution is 0.567. The van der Waals surface area contributed by atoms with E-state index in [9.17, 15) is 0 Å². The zero-order valence-corrected chi connectivity index (χ0v) is 11.5. The van der Waals surface area contributed by atoms with Crippen LogP contribution >= 0.6 is 11.6 Å². The molecule has 0 aromatic carbocycles. The van der Waals surface area contributed by atoms with Crippen molar-refractivity contribution in [3.63, 3.8) is 0 Å². The molecule has 0 aliphatic heterocycles. The smallest absolute Gasteiger partial charge is 0.224 e. The quantitative estimate of drug-likeness (QED) is 0.753. The third kappa shape index (κ3) is 3.32. The Labute approximate surface area is 108 Å². The largest absolute Gasteiger partial charge is 0.353 e. The molecule has 1 aliphatic carbocycles. The Morgan fingerprint density at radius 3 is 2.76 bits per heavy atom. The van der Waals surface area contributed by atoms with Gasteiger partial charge in [0.25, 0.3) is 0 Å². The van der Waals surface area contributed by atoms with Gasteiger partial charge in [0.1, 0.15) is 5.82 Å². The predicted octanol–water partition coefficient (Wildman–Crippen LogP) is 3.45. The Kier molecular flexibility index (Phi) is 3.87. The lowest BCUT2D eigenvalue weighted by Gasteiger charge is -2.25. The second kappa shape index (κ2) is 5.21. The number of aryl methyl sites for hydroxylation is 1. The van der Waals surface area contributed by atoms with Gasteiger partial charge in [-0.1, -0.05) is 13.8 Å². The molecule has 0 amide bonds. The van der Waals surface area contributed by atoms with Crippen molar-refractivity contribution in [2.45, 2.75) is 46.1 Å². The number of halogens is 1. The van der Waals surface area contributed by atoms with Gasteiger partial charge in [0, 0.05) is 24.3 Å². The van der Waals surface area contributed by atoms with Crippen molar-refractivity contribution in [1.29, 1.82) is 0 Å². The van der Waals surface area contributed by atoms with Crippen LogP contribution in [0.1, 0.15) is 38.7 Å². The van der Waals surface area contributed by atoms with Crippen LogP contribution in [0.5, 0.6) is 0 Å². The third-order valence-corrected chi connectivity index (χ3v) is 3.30. The molecule has 3 nitrogen and oxygen atoms in total. The molecule has 1 aliphatic rings. The van der Waals surface area contributed by atoms with Crippen LogP contribution in [0.4, 0.5) is 5.82 Å². The minimum Gasteiger partial charge on any atom is -0.353 e. The number of rotatable bonds is 5. The predicted molar refractivity (Wildman–Crippen MR) is 71.6 cm³/mol. The normalized spacial score (nSPS) is 15.4. The van der Waals surface area contributed by atoms with Gasteiger partial charge in [-0.05, 0) is 43.7 Å². The summed E-state index contributed by atoms with van der Waals surface area (Å²) in [6, 6.07) is 0.665. The molecule has 0 N–H and O–H groups in total. The van der Waals surface area contributed by atoms with E-state index in [1.165, 1.54) is 19.3 Å². The van der Waals surface area contributed by atoms with E-state index in [1.54, 1.807) is 0 Å². The maximum atomic E-state index is 5.90. The van der Waals surface area contributed by atoms with Gasteiger partial charge in [-0.3, -0.25) is 0 Å². The van der Waals surface area contributed by atoms with Gasteiger partial charge >= 0.3 is 0 Å². The number of hydrogen-bond acceptors (Lipinski definition) is 3. The molecule has 0 spiro atoms. The summed E-state index contributed by atoms with van der Waals surface area (Å²) in [5, 5.41) is 0.348. The minimum absolute atomic E-state index is 0.348. The second-order valence-electron chi connectivity index (χ2n) is 5.25. The molecular formula is C13H20ClN3. The summed E-state index contributed by atoms with van der Waals surface area (Å²) in [5.74, 6) is 1.74. The summed E-state index contributed by atoms with van der Waals surface area (Å²) in [5.41, 5.74) is 1.12. The van der Waals surface area contributed by atoms with E-state index in [2.05, 4.69) is 35.6 Å². The molecule has 1 saturated carbocycles. The van der Waals surface area contributed by atoms with E-state index in [0.29, 0.717) is 17.2 Å². The third-order valence-electron chi connectivity index (χ3n) is 3.12. The van der Waals surface area contributed by atoms with Gasteiger partial charge in [0.2, 0.25) is 5.28 Å². The standard InChI is InChI=1S/C13H20ClN3/c1-9(2)6-7-17(11-4-5-11)12-10(3)8-15-13(14)16-12/h8-9,11H,4-7H2,1-3H3. The van der Waals surface area contributed by atoms with Crippen LogP contribution in [0, 0.1) is 12.8 Å². The fraction of sp³-hybridized carbons (Fsp3) is 0.692. The van der Waals surface area contributed by atoms with Crippen molar-refractivity contribution in [1.82, 2.24) is 9.97 Å². The molecule has 4 heteroatoms. The van der Waals surface area contributed by atoms with Crippen molar-refractivity contribution in [3.05, 3.63) is 17.0 Å². The molecular weight excluding hydrogens is 234 g/mol. The minimum atomic E-state index is 0.348. The molecule has 0 radical (unpaired) electrons. The van der Waals surface area contributed by atoms with Crippen LogP contribution in [0.2, 0.25) is 5.28 Å². The van der Waals surface area contributed by atoms with Gasteiger partial charge in [-0.25, -0.2) is 9.97 Å². The van der Waals surface area contributed by atoms with Gasteiger partial charge in [0.05, 0.1) is 0 Å². The topological polar surface area (TPSA) is 29.0 Å². The second-order valence-corrected chi connectivity index (χ2v) is 5.59. The van der Waals surface area contributed by atoms with Crippen molar-refractivity contribution < 1.29 is 0 Å². The van der Waals surface area contributed by atoms with Gasteiger partial charge in [0.15, 0.2) is 0 Å². The number of nitrogens with zero attached hydrogens (tertiary/aromatic N) is 3. The molecule has 0 bridgehead atoms. The molecule has 1 fully saturated rings. The first-order valence-electron chi connectivity index (χ1n) is 6.33. The summed E-state index contributed by atoms with van der Waals surface area (Å²) >= 11 is 5.90. The Morgan fingerprint density at radius 1 is 1.47 bits per heavy atom. The average molecular weight is 254 g/mol. The lowest BCUT2D eigenvalue weighted by atomic mass is 10.1. The summed E-state index contributed by atoms with van der Waals surface area (Å²) in [6.45, 7) is 7.63. The van der Waals surface area contributed by atoms with Crippen LogP contribution in [-0.2, 0) is 0 Å². The highest BCUT2D eigenvalue weighted by molar-refractivity contribution is 6.28. The number of anilines is 1. The fourth-order valence-electron chi connectivity index (χ4n) is 1.95. The maximum Gasteiger partial charge on any atom is 0.224 e. The Balaban J connectivity index is 2.16. The van der Waals surface area contributed by atoms with Crippen molar-refractivity contribution in [2.75, 3.05) is 11.4 Å². The molecule has 17 heavy (non-hydrogen) atoms. The van der Waals surface area contributed by atoms with Gasteiger partial charge in [-0.2, -0.15) is 0 Å². The number of aromatic nitrogens is 2. The van der Waals surface area contributed by atoms with E-state index >= 15 is 0 Å². The Hall–Kier alpha value is -0.830. The van der Waals surface area contributed by atoms with E-state index in [-0.39, 0.29) is 0 Å². The zero-order chi connectivity index (χ0) is 12.4. The first kappa shape index (κ1) is 12.6. The Bertz CT molecular complexity index is 388. The van der Waals surface area contributed by atoms with E-state index < -0.39 is 0 Å².